The minimum atomic E-state index is -1.00. The Morgan fingerprint density at radius 3 is 2.39 bits per heavy atom. The summed E-state index contributed by atoms with van der Waals surface area (Å²) in [4.78, 5) is 28.7. The lowest BCUT2D eigenvalue weighted by atomic mass is 10.0. The summed E-state index contributed by atoms with van der Waals surface area (Å²) in [5.41, 5.74) is 7.54. The monoisotopic (exact) mass is 413 g/mol. The highest BCUT2D eigenvalue weighted by atomic mass is 16.4. The number of nitrogens with one attached hydrogen (secondary N) is 1. The summed E-state index contributed by atoms with van der Waals surface area (Å²) in [7, 11) is 0. The van der Waals surface area contributed by atoms with Gasteiger partial charge in [-0.1, -0.05) is 12.1 Å². The molecule has 0 aliphatic carbocycles. The Morgan fingerprint density at radius 2 is 1.71 bits per heavy atom. The number of imidazole rings is 1. The van der Waals surface area contributed by atoms with E-state index in [4.69, 9.17) is 10.1 Å². The lowest BCUT2D eigenvalue weighted by Crippen LogP contribution is -2.16. The Balaban J connectivity index is 1.69. The number of aromatic nitrogens is 2. The number of rotatable bonds is 5. The molecule has 0 saturated heterocycles. The van der Waals surface area contributed by atoms with E-state index in [9.17, 15) is 9.59 Å². The maximum atomic E-state index is 12.8. The molecule has 2 N–H and O–H groups in total. The van der Waals surface area contributed by atoms with Gasteiger partial charge in [0.2, 0.25) is 5.91 Å². The smallest absolute Gasteiger partial charge is 0.335 e. The second-order valence-corrected chi connectivity index (χ2v) is 7.75. The van der Waals surface area contributed by atoms with Crippen molar-refractivity contribution in [1.29, 1.82) is 0 Å². The van der Waals surface area contributed by atoms with E-state index in [0.717, 1.165) is 28.2 Å². The molecule has 156 valence electrons. The van der Waals surface area contributed by atoms with Gasteiger partial charge in [-0.25, -0.2) is 9.78 Å². The third-order valence-corrected chi connectivity index (χ3v) is 5.40. The van der Waals surface area contributed by atoms with Crippen molar-refractivity contribution < 1.29 is 14.7 Å². The largest absolute Gasteiger partial charge is 0.478 e. The third-order valence-electron chi connectivity index (χ3n) is 5.40. The zero-order valence-electron chi connectivity index (χ0n) is 17.6. The van der Waals surface area contributed by atoms with Crippen molar-refractivity contribution in [2.45, 2.75) is 27.2 Å². The quantitative estimate of drug-likeness (QED) is 0.492. The molecule has 0 bridgehead atoms. The van der Waals surface area contributed by atoms with Crippen LogP contribution in [0.25, 0.3) is 16.9 Å². The summed E-state index contributed by atoms with van der Waals surface area (Å²) in [5, 5.41) is 11.9. The topological polar surface area (TPSA) is 83.7 Å². The van der Waals surface area contributed by atoms with Crippen LogP contribution >= 0.6 is 0 Å². The zero-order chi connectivity index (χ0) is 22.1. The Hall–Kier alpha value is -3.93. The van der Waals surface area contributed by atoms with E-state index >= 15 is 0 Å². The summed E-state index contributed by atoms with van der Waals surface area (Å²) in [6.45, 7) is 6.14. The molecule has 0 radical (unpaired) electrons. The number of carbonyl (C=O) groups is 2. The number of carboxylic acids is 1. The average molecular weight is 413 g/mol. The van der Waals surface area contributed by atoms with Crippen molar-refractivity contribution in [1.82, 2.24) is 9.38 Å². The average Bonchev–Trinajstić information content (AvgIpc) is 3.07. The van der Waals surface area contributed by atoms with Crippen molar-refractivity contribution in [3.63, 3.8) is 0 Å². The van der Waals surface area contributed by atoms with Gasteiger partial charge in [0.15, 0.2) is 0 Å². The van der Waals surface area contributed by atoms with E-state index in [1.54, 1.807) is 12.1 Å². The molecule has 1 amide bonds. The number of pyridine rings is 1. The molecule has 0 spiro atoms. The van der Waals surface area contributed by atoms with Gasteiger partial charge in [-0.05, 0) is 79.9 Å². The van der Waals surface area contributed by atoms with Crippen LogP contribution in [0.15, 0.2) is 60.8 Å². The predicted octanol–water partition coefficient (Wildman–Crippen LogP) is 4.81. The molecule has 0 unspecified atom stereocenters. The first-order valence-electron chi connectivity index (χ1n) is 10.0. The first kappa shape index (κ1) is 20.3. The van der Waals surface area contributed by atoms with E-state index in [1.807, 2.05) is 35.7 Å². The minimum Gasteiger partial charge on any atom is -0.478 e. The Labute approximate surface area is 180 Å². The molecule has 6 nitrogen and oxygen atoms in total. The maximum absolute atomic E-state index is 12.8. The number of benzene rings is 2. The van der Waals surface area contributed by atoms with E-state index in [1.165, 1.54) is 23.3 Å². The predicted molar refractivity (Wildman–Crippen MR) is 121 cm³/mol. The molecule has 2 aromatic heterocycles. The highest BCUT2D eigenvalue weighted by molar-refractivity contribution is 5.94. The van der Waals surface area contributed by atoms with Gasteiger partial charge in [0.25, 0.3) is 0 Å². The Kier molecular flexibility index (Phi) is 5.29. The molecule has 0 atom stereocenters. The maximum Gasteiger partial charge on any atom is 0.335 e. The molecule has 6 heteroatoms. The zero-order valence-corrected chi connectivity index (χ0v) is 17.6. The number of aryl methyl sites for hydroxylation is 3. The van der Waals surface area contributed by atoms with E-state index in [2.05, 4.69) is 31.3 Å². The van der Waals surface area contributed by atoms with Crippen LogP contribution in [0.1, 0.15) is 32.7 Å². The molecule has 0 aliphatic heterocycles. The van der Waals surface area contributed by atoms with Gasteiger partial charge < -0.3 is 14.8 Å². The van der Waals surface area contributed by atoms with Gasteiger partial charge in [0, 0.05) is 17.4 Å². The summed E-state index contributed by atoms with van der Waals surface area (Å²) >= 11 is 0. The first-order valence-corrected chi connectivity index (χ1v) is 10.0. The van der Waals surface area contributed by atoms with Gasteiger partial charge in [0.05, 0.1) is 23.4 Å². The number of fused-ring (bicyclic) bond motifs is 1. The van der Waals surface area contributed by atoms with Gasteiger partial charge in [-0.15, -0.1) is 0 Å². The van der Waals surface area contributed by atoms with Crippen LogP contribution < -0.4 is 5.32 Å². The molecule has 0 aliphatic rings. The molecular formula is C25H23N3O3. The highest BCUT2D eigenvalue weighted by Crippen LogP contribution is 2.27. The fourth-order valence-electron chi connectivity index (χ4n) is 3.54. The number of carboxylic acid groups (broad SMARTS) is 1. The molecule has 2 aromatic carbocycles. The second kappa shape index (κ2) is 8.07. The lowest BCUT2D eigenvalue weighted by molar-refractivity contribution is -0.115. The number of hydrogen-bond donors (Lipinski definition) is 2. The van der Waals surface area contributed by atoms with Crippen LogP contribution in [-0.2, 0) is 11.2 Å². The number of anilines is 1. The standard InChI is InChI=1S/C25H23N3O3/c1-15-10-11-28-21(14-23(29)26-20-8-6-18(7-9-20)25(30)31)24(27-22(28)12-15)19-5-4-16(2)17(3)13-19/h4-13H,14H2,1-3H3,(H,26,29)(H,30,31). The van der Waals surface area contributed by atoms with Crippen LogP contribution in [0, 0.1) is 20.8 Å². The number of nitrogens with zero attached hydrogens (tertiary/aromatic N) is 2. The summed E-state index contributed by atoms with van der Waals surface area (Å²) < 4.78 is 1.95. The minimum absolute atomic E-state index is 0.132. The summed E-state index contributed by atoms with van der Waals surface area (Å²) in [6.07, 6.45) is 2.07. The van der Waals surface area contributed by atoms with E-state index < -0.39 is 5.97 Å². The van der Waals surface area contributed by atoms with Gasteiger partial charge in [-0.3, -0.25) is 4.79 Å². The molecular weight excluding hydrogens is 390 g/mol. The van der Waals surface area contributed by atoms with Crippen molar-refractivity contribution in [3.05, 3.63) is 88.7 Å². The number of carbonyl (C=O) groups excluding carboxylic acids is 1. The molecule has 2 heterocycles. The Morgan fingerprint density at radius 1 is 0.968 bits per heavy atom. The second-order valence-electron chi connectivity index (χ2n) is 7.75. The summed E-state index contributed by atoms with van der Waals surface area (Å²) in [6, 6.07) is 16.3. The molecule has 4 aromatic rings. The fourth-order valence-corrected chi connectivity index (χ4v) is 3.54. The van der Waals surface area contributed by atoms with Crippen molar-refractivity contribution in [3.8, 4) is 11.3 Å². The van der Waals surface area contributed by atoms with Crippen molar-refractivity contribution >= 4 is 23.2 Å². The van der Waals surface area contributed by atoms with Gasteiger partial charge in [-0.2, -0.15) is 0 Å². The fraction of sp³-hybridized carbons (Fsp3) is 0.160. The SMILES string of the molecule is Cc1ccn2c(CC(=O)Nc3ccc(C(=O)O)cc3)c(-c3ccc(C)c(C)c3)nc2c1. The highest BCUT2D eigenvalue weighted by Gasteiger charge is 2.18. The molecule has 4 rings (SSSR count). The van der Waals surface area contributed by atoms with Crippen molar-refractivity contribution in [2.75, 3.05) is 5.32 Å². The van der Waals surface area contributed by atoms with E-state index in [-0.39, 0.29) is 17.9 Å². The van der Waals surface area contributed by atoms with Crippen LogP contribution in [-0.4, -0.2) is 26.4 Å². The third kappa shape index (κ3) is 4.19. The number of aromatic carboxylic acids is 1. The van der Waals surface area contributed by atoms with Crippen molar-refractivity contribution in [2.24, 2.45) is 0 Å². The van der Waals surface area contributed by atoms with Gasteiger partial charge in [0.1, 0.15) is 5.65 Å². The van der Waals surface area contributed by atoms with Crippen LogP contribution in [0.2, 0.25) is 0 Å². The normalized spacial score (nSPS) is 10.9. The molecule has 31 heavy (non-hydrogen) atoms. The summed E-state index contributed by atoms with van der Waals surface area (Å²) in [5.74, 6) is -1.20. The van der Waals surface area contributed by atoms with Crippen LogP contribution in [0.4, 0.5) is 5.69 Å². The molecule has 0 saturated carbocycles. The first-order chi connectivity index (χ1) is 14.8. The number of amides is 1. The van der Waals surface area contributed by atoms with Gasteiger partial charge >= 0.3 is 5.97 Å². The lowest BCUT2D eigenvalue weighted by Gasteiger charge is -2.09. The van der Waals surface area contributed by atoms with E-state index in [0.29, 0.717) is 5.69 Å². The number of hydrogen-bond acceptors (Lipinski definition) is 3. The van der Waals surface area contributed by atoms with Crippen LogP contribution in [0.3, 0.4) is 0 Å². The van der Waals surface area contributed by atoms with Crippen LogP contribution in [0.5, 0.6) is 0 Å². The molecule has 0 fully saturated rings. The Bertz CT molecular complexity index is 1300.